The number of nitrogens with one attached hydrogen (secondary N) is 2. The van der Waals surface area contributed by atoms with E-state index in [9.17, 15) is 9.59 Å². The summed E-state index contributed by atoms with van der Waals surface area (Å²) in [6.45, 7) is 2.18. The zero-order valence-corrected chi connectivity index (χ0v) is 11.6. The van der Waals surface area contributed by atoms with Crippen LogP contribution >= 0.6 is 0 Å². The molecule has 1 aliphatic heterocycles. The van der Waals surface area contributed by atoms with Crippen molar-refractivity contribution in [1.29, 1.82) is 0 Å². The van der Waals surface area contributed by atoms with Crippen LogP contribution < -0.4 is 15.8 Å². The zero-order valence-electron chi connectivity index (χ0n) is 11.6. The molecule has 1 amide bonds. The lowest BCUT2D eigenvalue weighted by Crippen LogP contribution is -2.22. The molecule has 1 aromatic carbocycles. The van der Waals surface area contributed by atoms with Gasteiger partial charge in [-0.25, -0.2) is 0 Å². The van der Waals surface area contributed by atoms with Gasteiger partial charge in [0.15, 0.2) is 0 Å². The van der Waals surface area contributed by atoms with Crippen LogP contribution in [0.25, 0.3) is 0 Å². The third-order valence-corrected chi connectivity index (χ3v) is 3.66. The average molecular weight is 283 g/mol. The molecule has 2 heterocycles. The molecule has 5 heteroatoms. The number of benzene rings is 1. The fourth-order valence-electron chi connectivity index (χ4n) is 2.53. The Kier molecular flexibility index (Phi) is 3.73. The van der Waals surface area contributed by atoms with E-state index < -0.39 is 5.91 Å². The van der Waals surface area contributed by atoms with Gasteiger partial charge >= 0.3 is 0 Å². The molecule has 0 saturated carbocycles. The molecular formula is C16H17N3O2. The first-order valence-electron chi connectivity index (χ1n) is 7.08. The topological polar surface area (TPSA) is 65.2 Å². The van der Waals surface area contributed by atoms with E-state index in [0.29, 0.717) is 5.69 Å². The molecule has 5 nitrogen and oxygen atoms in total. The lowest BCUT2D eigenvalue weighted by atomic mass is 10.2. The quantitative estimate of drug-likeness (QED) is 0.908. The Balaban J connectivity index is 1.72. The number of nitrogens with zero attached hydrogens (tertiary/aromatic N) is 1. The van der Waals surface area contributed by atoms with Crippen molar-refractivity contribution in [3.63, 3.8) is 0 Å². The van der Waals surface area contributed by atoms with Crippen LogP contribution in [-0.4, -0.2) is 24.0 Å². The molecule has 0 atom stereocenters. The van der Waals surface area contributed by atoms with Gasteiger partial charge in [0.25, 0.3) is 11.5 Å². The predicted molar refractivity (Wildman–Crippen MR) is 82.9 cm³/mol. The Labute approximate surface area is 122 Å². The maximum absolute atomic E-state index is 12.0. The number of H-pyrrole nitrogens is 1. The number of pyridine rings is 1. The number of rotatable bonds is 3. The van der Waals surface area contributed by atoms with E-state index in [2.05, 4.69) is 15.2 Å². The first kappa shape index (κ1) is 13.4. The van der Waals surface area contributed by atoms with Gasteiger partial charge in [-0.05, 0) is 49.2 Å². The number of hydrogen-bond donors (Lipinski definition) is 2. The number of carbonyl (C=O) groups is 1. The van der Waals surface area contributed by atoms with Crippen LogP contribution in [0.15, 0.2) is 47.4 Å². The van der Waals surface area contributed by atoms with E-state index >= 15 is 0 Å². The molecule has 0 spiro atoms. The van der Waals surface area contributed by atoms with Crippen molar-refractivity contribution in [1.82, 2.24) is 4.98 Å². The van der Waals surface area contributed by atoms with E-state index in [1.54, 1.807) is 6.07 Å². The van der Waals surface area contributed by atoms with Gasteiger partial charge in [-0.15, -0.1) is 0 Å². The minimum Gasteiger partial charge on any atom is -0.372 e. The molecule has 2 N–H and O–H groups in total. The van der Waals surface area contributed by atoms with E-state index in [0.717, 1.165) is 13.1 Å². The highest BCUT2D eigenvalue weighted by Gasteiger charge is 2.13. The third-order valence-electron chi connectivity index (χ3n) is 3.66. The average Bonchev–Trinajstić information content (AvgIpc) is 3.02. The number of aromatic nitrogens is 1. The van der Waals surface area contributed by atoms with E-state index in [1.165, 1.54) is 30.8 Å². The van der Waals surface area contributed by atoms with Gasteiger partial charge in [0.05, 0.1) is 0 Å². The van der Waals surface area contributed by atoms with Crippen molar-refractivity contribution in [3.8, 4) is 0 Å². The number of anilines is 2. The summed E-state index contributed by atoms with van der Waals surface area (Å²) in [4.78, 5) is 28.4. The van der Waals surface area contributed by atoms with Crippen LogP contribution in [0.5, 0.6) is 0 Å². The highest BCUT2D eigenvalue weighted by molar-refractivity contribution is 6.04. The molecule has 1 fully saturated rings. The van der Waals surface area contributed by atoms with Crippen molar-refractivity contribution in [2.75, 3.05) is 23.3 Å². The van der Waals surface area contributed by atoms with Crippen LogP contribution in [0.4, 0.5) is 11.4 Å². The van der Waals surface area contributed by atoms with Crippen molar-refractivity contribution in [3.05, 3.63) is 58.5 Å². The van der Waals surface area contributed by atoms with E-state index in [1.807, 2.05) is 24.3 Å². The summed E-state index contributed by atoms with van der Waals surface area (Å²) in [7, 11) is 0. The third kappa shape index (κ3) is 2.97. The Morgan fingerprint density at radius 2 is 1.81 bits per heavy atom. The lowest BCUT2D eigenvalue weighted by molar-refractivity contribution is 0.102. The largest absolute Gasteiger partial charge is 0.372 e. The van der Waals surface area contributed by atoms with Gasteiger partial charge in [-0.2, -0.15) is 0 Å². The van der Waals surface area contributed by atoms with Crippen molar-refractivity contribution >= 4 is 17.3 Å². The molecule has 1 aliphatic rings. The molecule has 0 radical (unpaired) electrons. The minimum atomic E-state index is -0.397. The fourth-order valence-corrected chi connectivity index (χ4v) is 2.53. The second kappa shape index (κ2) is 5.83. The summed E-state index contributed by atoms with van der Waals surface area (Å²) in [5.74, 6) is -0.397. The number of amides is 1. The minimum absolute atomic E-state index is 0.112. The normalized spacial score (nSPS) is 14.2. The monoisotopic (exact) mass is 283 g/mol. The summed E-state index contributed by atoms with van der Waals surface area (Å²) >= 11 is 0. The first-order valence-corrected chi connectivity index (χ1v) is 7.08. The summed E-state index contributed by atoms with van der Waals surface area (Å²) in [6, 6.07) is 10.9. The Bertz CT molecular complexity index is 685. The highest BCUT2D eigenvalue weighted by atomic mass is 16.2. The molecule has 0 aliphatic carbocycles. The molecule has 21 heavy (non-hydrogen) atoms. The second-order valence-corrected chi connectivity index (χ2v) is 5.11. The Morgan fingerprint density at radius 3 is 2.48 bits per heavy atom. The Morgan fingerprint density at radius 1 is 1.10 bits per heavy atom. The van der Waals surface area contributed by atoms with Crippen LogP contribution in [0.1, 0.15) is 23.2 Å². The van der Waals surface area contributed by atoms with E-state index in [4.69, 9.17) is 0 Å². The first-order chi connectivity index (χ1) is 10.2. The van der Waals surface area contributed by atoms with Crippen molar-refractivity contribution in [2.24, 2.45) is 0 Å². The van der Waals surface area contributed by atoms with Gasteiger partial charge < -0.3 is 15.2 Å². The number of carbonyl (C=O) groups excluding carboxylic acids is 1. The standard InChI is InChI=1S/C16H17N3O2/c20-15-14(4-3-9-17-15)16(21)18-12-5-7-13(8-6-12)19-10-1-2-11-19/h3-9H,1-2,10-11H2,(H,17,20)(H,18,21). The fraction of sp³-hybridized carbons (Fsp3) is 0.250. The molecule has 1 saturated heterocycles. The van der Waals surface area contributed by atoms with Gasteiger partial charge in [0, 0.05) is 30.7 Å². The van der Waals surface area contributed by atoms with Crippen molar-refractivity contribution < 1.29 is 4.79 Å². The molecule has 1 aromatic heterocycles. The number of hydrogen-bond acceptors (Lipinski definition) is 3. The van der Waals surface area contributed by atoms with Crippen LogP contribution in [0.2, 0.25) is 0 Å². The molecular weight excluding hydrogens is 266 g/mol. The molecule has 2 aromatic rings. The molecule has 0 bridgehead atoms. The highest BCUT2D eigenvalue weighted by Crippen LogP contribution is 2.22. The molecule has 108 valence electrons. The molecule has 0 unspecified atom stereocenters. The van der Waals surface area contributed by atoms with Gasteiger partial charge in [-0.1, -0.05) is 0 Å². The maximum atomic E-state index is 12.0. The number of aromatic amines is 1. The van der Waals surface area contributed by atoms with E-state index in [-0.39, 0.29) is 11.1 Å². The molecule has 3 rings (SSSR count). The predicted octanol–water partition coefficient (Wildman–Crippen LogP) is 2.23. The van der Waals surface area contributed by atoms with Crippen LogP contribution in [-0.2, 0) is 0 Å². The second-order valence-electron chi connectivity index (χ2n) is 5.11. The smallest absolute Gasteiger partial charge is 0.261 e. The van der Waals surface area contributed by atoms with Gasteiger partial charge in [0.1, 0.15) is 5.56 Å². The van der Waals surface area contributed by atoms with Crippen LogP contribution in [0, 0.1) is 0 Å². The lowest BCUT2D eigenvalue weighted by Gasteiger charge is -2.17. The zero-order chi connectivity index (χ0) is 14.7. The summed E-state index contributed by atoms with van der Waals surface area (Å²) in [6.07, 6.45) is 3.97. The van der Waals surface area contributed by atoms with Crippen molar-refractivity contribution in [2.45, 2.75) is 12.8 Å². The van der Waals surface area contributed by atoms with Crippen LogP contribution in [0.3, 0.4) is 0 Å². The Hall–Kier alpha value is -2.56. The van der Waals surface area contributed by atoms with Gasteiger partial charge in [0.2, 0.25) is 0 Å². The summed E-state index contributed by atoms with van der Waals surface area (Å²) < 4.78 is 0. The van der Waals surface area contributed by atoms with Gasteiger partial charge in [-0.3, -0.25) is 9.59 Å². The summed E-state index contributed by atoms with van der Waals surface area (Å²) in [5.41, 5.74) is 1.58. The summed E-state index contributed by atoms with van der Waals surface area (Å²) in [5, 5.41) is 2.74. The maximum Gasteiger partial charge on any atom is 0.261 e. The SMILES string of the molecule is O=C(Nc1ccc(N2CCCC2)cc1)c1ccc[nH]c1=O.